The Morgan fingerprint density at radius 2 is 1.55 bits per heavy atom. The number of amides is 1. The number of aromatic hydroxyl groups is 2. The topological polar surface area (TPSA) is 81.0 Å². The number of carbonyl (C=O) groups is 1. The van der Waals surface area contributed by atoms with Crippen molar-refractivity contribution in [2.45, 2.75) is 22.9 Å². The van der Waals surface area contributed by atoms with Crippen molar-refractivity contribution in [1.29, 1.82) is 0 Å². The lowest BCUT2D eigenvalue weighted by molar-refractivity contribution is -0.136. The second-order valence-electron chi connectivity index (χ2n) is 4.12. The van der Waals surface area contributed by atoms with E-state index >= 15 is 0 Å². The minimum atomic E-state index is -1.82. The van der Waals surface area contributed by atoms with Gasteiger partial charge in [0.25, 0.3) is 0 Å². The first-order valence-electron chi connectivity index (χ1n) is 5.74. The van der Waals surface area contributed by atoms with Gasteiger partial charge in [-0.1, -0.05) is 34.8 Å². The van der Waals surface area contributed by atoms with Gasteiger partial charge in [-0.15, -0.1) is 0 Å². The highest BCUT2D eigenvalue weighted by Crippen LogP contribution is 2.33. The van der Waals surface area contributed by atoms with E-state index in [1.165, 1.54) is 29.2 Å². The second kappa shape index (κ2) is 7.22. The summed E-state index contributed by atoms with van der Waals surface area (Å²) in [6.45, 7) is 0.452. The highest BCUT2D eigenvalue weighted by Gasteiger charge is 2.39. The molecule has 0 spiro atoms. The summed E-state index contributed by atoms with van der Waals surface area (Å²) in [7, 11) is 0. The number of carbonyl (C=O) groups excluding carboxylic acids is 1. The summed E-state index contributed by atoms with van der Waals surface area (Å²) < 4.78 is -1.82. The van der Waals surface area contributed by atoms with Crippen LogP contribution in [0.1, 0.15) is 12.8 Å². The van der Waals surface area contributed by atoms with Gasteiger partial charge < -0.3 is 20.2 Å². The van der Waals surface area contributed by atoms with Crippen molar-refractivity contribution in [3.8, 4) is 11.5 Å². The van der Waals surface area contributed by atoms with Gasteiger partial charge in [0.15, 0.2) is 6.23 Å². The van der Waals surface area contributed by atoms with Crippen LogP contribution in [-0.4, -0.2) is 42.7 Å². The van der Waals surface area contributed by atoms with Crippen LogP contribution in [0.25, 0.3) is 0 Å². The summed E-state index contributed by atoms with van der Waals surface area (Å²) in [6, 6.07) is 5.70. The van der Waals surface area contributed by atoms with Crippen molar-refractivity contribution in [3.05, 3.63) is 24.3 Å². The number of halogens is 3. The van der Waals surface area contributed by atoms with Crippen LogP contribution in [0, 0.1) is 0 Å². The smallest absolute Gasteiger partial charge is 0.234 e. The summed E-state index contributed by atoms with van der Waals surface area (Å²) in [5, 5.41) is 26.7. The summed E-state index contributed by atoms with van der Waals surface area (Å²) in [5.74, 6) is 0.166. The molecule has 1 amide bonds. The average molecular weight is 343 g/mol. The molecule has 1 atom stereocenters. The van der Waals surface area contributed by atoms with Crippen LogP contribution in [-0.2, 0) is 4.79 Å². The Morgan fingerprint density at radius 3 is 1.85 bits per heavy atom. The number of phenols is 2. The number of hydrogen-bond acceptors (Lipinski definition) is 4. The molecule has 20 heavy (non-hydrogen) atoms. The Kier molecular flexibility index (Phi) is 6.20. The monoisotopic (exact) mass is 341 g/mol. The van der Waals surface area contributed by atoms with E-state index in [1.54, 1.807) is 0 Å². The zero-order chi connectivity index (χ0) is 15.3. The molecule has 1 heterocycles. The van der Waals surface area contributed by atoms with E-state index in [0.29, 0.717) is 19.4 Å². The number of aliphatic hydroxyl groups excluding tert-OH is 1. The van der Waals surface area contributed by atoms with Gasteiger partial charge in [0.2, 0.25) is 9.70 Å². The van der Waals surface area contributed by atoms with E-state index in [-0.39, 0.29) is 17.4 Å². The zero-order valence-corrected chi connectivity index (χ0v) is 12.6. The molecule has 0 bridgehead atoms. The lowest BCUT2D eigenvalue weighted by atomic mass is 10.3. The van der Waals surface area contributed by atoms with Crippen molar-refractivity contribution < 1.29 is 20.1 Å². The number of aliphatic hydroxyl groups is 1. The molecule has 1 fully saturated rings. The maximum absolute atomic E-state index is 11.1. The standard InChI is InChI=1S/C6H8Cl3NO2.C6H6O2/c7-6(8,9)5(12)10-3-1-2-4(10)11;7-5-1-2-6(8)4-3-5/h5,12H,1-3H2;1-4,7-8H. The second-order valence-corrected chi connectivity index (χ2v) is 6.49. The molecule has 0 saturated carbocycles. The molecule has 1 aromatic rings. The van der Waals surface area contributed by atoms with Crippen LogP contribution < -0.4 is 0 Å². The van der Waals surface area contributed by atoms with Gasteiger partial charge >= 0.3 is 0 Å². The Hall–Kier alpha value is -0.880. The molecule has 8 heteroatoms. The fourth-order valence-electron chi connectivity index (χ4n) is 1.56. The quantitative estimate of drug-likeness (QED) is 0.541. The largest absolute Gasteiger partial charge is 0.508 e. The molecule has 1 aliphatic heterocycles. The molecule has 5 nitrogen and oxygen atoms in total. The third kappa shape index (κ3) is 5.25. The predicted octanol–water partition coefficient (Wildman–Crippen LogP) is 2.40. The molecule has 3 N–H and O–H groups in total. The van der Waals surface area contributed by atoms with Gasteiger partial charge in [0.1, 0.15) is 11.5 Å². The van der Waals surface area contributed by atoms with Crippen molar-refractivity contribution in [2.24, 2.45) is 0 Å². The Labute approximate surface area is 131 Å². The average Bonchev–Trinajstić information content (AvgIpc) is 2.78. The van der Waals surface area contributed by atoms with E-state index in [4.69, 9.17) is 45.0 Å². The Bertz CT molecular complexity index is 426. The first-order chi connectivity index (χ1) is 9.21. The zero-order valence-electron chi connectivity index (χ0n) is 10.3. The number of benzene rings is 1. The van der Waals surface area contributed by atoms with E-state index in [9.17, 15) is 9.90 Å². The molecule has 0 aromatic heterocycles. The molecular formula is C12H14Cl3NO4. The van der Waals surface area contributed by atoms with Crippen molar-refractivity contribution >= 4 is 40.7 Å². The van der Waals surface area contributed by atoms with Crippen LogP contribution >= 0.6 is 34.8 Å². The van der Waals surface area contributed by atoms with Gasteiger partial charge in [-0.05, 0) is 30.7 Å². The first kappa shape index (κ1) is 17.2. The summed E-state index contributed by atoms with van der Waals surface area (Å²) >= 11 is 16.2. The molecular weight excluding hydrogens is 328 g/mol. The summed E-state index contributed by atoms with van der Waals surface area (Å²) in [6.07, 6.45) is -0.216. The molecule has 1 aromatic carbocycles. The molecule has 112 valence electrons. The molecule has 1 unspecified atom stereocenters. The number of alkyl halides is 3. The minimum absolute atomic E-state index is 0.169. The molecule has 1 aliphatic rings. The number of rotatable bonds is 1. The fraction of sp³-hybridized carbons (Fsp3) is 0.417. The summed E-state index contributed by atoms with van der Waals surface area (Å²) in [4.78, 5) is 12.2. The van der Waals surface area contributed by atoms with Crippen LogP contribution in [0.15, 0.2) is 24.3 Å². The predicted molar refractivity (Wildman–Crippen MR) is 77.0 cm³/mol. The van der Waals surface area contributed by atoms with E-state index in [0.717, 1.165) is 0 Å². The van der Waals surface area contributed by atoms with Crippen LogP contribution in [0.3, 0.4) is 0 Å². The number of hydrogen-bond donors (Lipinski definition) is 3. The Balaban J connectivity index is 0.000000217. The van der Waals surface area contributed by atoms with Gasteiger partial charge in [-0.25, -0.2) is 0 Å². The summed E-state index contributed by atoms with van der Waals surface area (Å²) in [5.41, 5.74) is 0. The molecule has 2 rings (SSSR count). The highest BCUT2D eigenvalue weighted by atomic mass is 35.6. The van der Waals surface area contributed by atoms with Crippen molar-refractivity contribution in [2.75, 3.05) is 6.54 Å². The third-order valence-electron chi connectivity index (χ3n) is 2.55. The number of nitrogens with zero attached hydrogens (tertiary/aromatic N) is 1. The third-order valence-corrected chi connectivity index (χ3v) is 3.13. The minimum Gasteiger partial charge on any atom is -0.508 e. The van der Waals surface area contributed by atoms with Crippen molar-refractivity contribution in [3.63, 3.8) is 0 Å². The SMILES string of the molecule is O=C1CCCN1C(O)C(Cl)(Cl)Cl.Oc1ccc(O)cc1. The first-order valence-corrected chi connectivity index (χ1v) is 6.87. The van der Waals surface area contributed by atoms with Gasteiger partial charge in [0, 0.05) is 13.0 Å². The fourth-order valence-corrected chi connectivity index (χ4v) is 1.91. The molecule has 0 aliphatic carbocycles. The van der Waals surface area contributed by atoms with Gasteiger partial charge in [0.05, 0.1) is 0 Å². The highest BCUT2D eigenvalue weighted by molar-refractivity contribution is 6.68. The number of phenolic OH excluding ortho intramolecular Hbond substituents is 2. The van der Waals surface area contributed by atoms with E-state index < -0.39 is 10.0 Å². The number of likely N-dealkylation sites (tertiary alicyclic amines) is 1. The van der Waals surface area contributed by atoms with Crippen LogP contribution in [0.4, 0.5) is 0 Å². The van der Waals surface area contributed by atoms with Gasteiger partial charge in [-0.3, -0.25) is 4.79 Å². The molecule has 0 radical (unpaired) electrons. The maximum atomic E-state index is 11.1. The normalized spacial score (nSPS) is 16.6. The van der Waals surface area contributed by atoms with E-state index in [1.807, 2.05) is 0 Å². The van der Waals surface area contributed by atoms with Crippen LogP contribution in [0.5, 0.6) is 11.5 Å². The lowest BCUT2D eigenvalue weighted by Crippen LogP contribution is -2.44. The van der Waals surface area contributed by atoms with Crippen LogP contribution in [0.2, 0.25) is 0 Å². The lowest BCUT2D eigenvalue weighted by Gasteiger charge is -2.27. The van der Waals surface area contributed by atoms with E-state index in [2.05, 4.69) is 0 Å². The maximum Gasteiger partial charge on any atom is 0.234 e. The van der Waals surface area contributed by atoms with Gasteiger partial charge in [-0.2, -0.15) is 0 Å². The Morgan fingerprint density at radius 1 is 1.10 bits per heavy atom. The van der Waals surface area contributed by atoms with Crippen molar-refractivity contribution in [1.82, 2.24) is 4.90 Å². The molecule has 1 saturated heterocycles.